The fraction of sp³-hybridized carbons (Fsp3) is 0.529. The predicted octanol–water partition coefficient (Wildman–Crippen LogP) is 0.857. The van der Waals surface area contributed by atoms with Gasteiger partial charge in [0.25, 0.3) is 0 Å². The minimum Gasteiger partial charge on any atom is -0.346 e. The number of hydrogen-bond acceptors (Lipinski definition) is 3. The average Bonchev–Trinajstić information content (AvgIpc) is 2.56. The number of nitrogens with one attached hydrogen (secondary N) is 1. The van der Waals surface area contributed by atoms with Gasteiger partial charge in [-0.3, -0.25) is 9.59 Å². The average molecular weight is 303 g/mol. The molecule has 1 aromatic rings. The van der Waals surface area contributed by atoms with E-state index in [1.54, 1.807) is 0 Å². The highest BCUT2D eigenvalue weighted by Gasteiger charge is 2.27. The van der Waals surface area contributed by atoms with E-state index >= 15 is 0 Å². The molecule has 0 spiro atoms. The zero-order valence-corrected chi connectivity index (χ0v) is 13.2. The van der Waals surface area contributed by atoms with Crippen LogP contribution in [0.15, 0.2) is 24.3 Å². The lowest BCUT2D eigenvalue weighted by Gasteiger charge is -2.35. The van der Waals surface area contributed by atoms with E-state index in [9.17, 15) is 9.59 Å². The number of fused-ring (bicyclic) bond motifs is 1. The maximum atomic E-state index is 12.4. The van der Waals surface area contributed by atoms with E-state index < -0.39 is 0 Å². The van der Waals surface area contributed by atoms with Crippen molar-refractivity contribution >= 4 is 11.8 Å². The molecule has 0 aromatic heterocycles. The lowest BCUT2D eigenvalue weighted by molar-refractivity contribution is -0.134. The van der Waals surface area contributed by atoms with Gasteiger partial charge in [0.1, 0.15) is 0 Å². The molecule has 0 heterocycles. The van der Waals surface area contributed by atoms with Crippen molar-refractivity contribution in [3.05, 3.63) is 35.4 Å². The van der Waals surface area contributed by atoms with Gasteiger partial charge in [0.15, 0.2) is 0 Å². The highest BCUT2D eigenvalue weighted by molar-refractivity contribution is 5.85. The predicted molar refractivity (Wildman–Crippen MR) is 86.3 cm³/mol. The number of carbonyl (C=O) groups is 2. The summed E-state index contributed by atoms with van der Waals surface area (Å²) in [7, 11) is 0. The van der Waals surface area contributed by atoms with Gasteiger partial charge in [-0.05, 0) is 36.8 Å². The Morgan fingerprint density at radius 1 is 1.32 bits per heavy atom. The van der Waals surface area contributed by atoms with Crippen LogP contribution in [0.2, 0.25) is 0 Å². The van der Waals surface area contributed by atoms with E-state index in [0.29, 0.717) is 0 Å². The molecular weight excluding hydrogens is 278 g/mol. The first-order valence-corrected chi connectivity index (χ1v) is 7.98. The minimum absolute atomic E-state index is 0.0203. The highest BCUT2D eigenvalue weighted by atomic mass is 16.2. The molecule has 5 heteroatoms. The van der Waals surface area contributed by atoms with Gasteiger partial charge in [-0.15, -0.1) is 0 Å². The van der Waals surface area contributed by atoms with Crippen LogP contribution in [-0.2, 0) is 22.4 Å². The van der Waals surface area contributed by atoms with E-state index in [0.717, 1.165) is 32.2 Å². The number of amides is 2. The van der Waals surface area contributed by atoms with E-state index in [1.165, 1.54) is 11.1 Å². The molecule has 1 aliphatic rings. The van der Waals surface area contributed by atoms with Gasteiger partial charge in [0, 0.05) is 12.6 Å². The monoisotopic (exact) mass is 303 g/mol. The molecule has 120 valence electrons. The van der Waals surface area contributed by atoms with Crippen molar-refractivity contribution in [3.8, 4) is 0 Å². The van der Waals surface area contributed by atoms with Crippen molar-refractivity contribution in [3.63, 3.8) is 0 Å². The van der Waals surface area contributed by atoms with Crippen molar-refractivity contribution in [2.45, 2.75) is 38.6 Å². The van der Waals surface area contributed by atoms with Crippen LogP contribution >= 0.6 is 0 Å². The van der Waals surface area contributed by atoms with Crippen LogP contribution in [0.25, 0.3) is 0 Å². The second kappa shape index (κ2) is 7.94. The molecule has 0 fully saturated rings. The summed E-state index contributed by atoms with van der Waals surface area (Å²) in [6, 6.07) is 8.65. The lowest BCUT2D eigenvalue weighted by atomic mass is 9.87. The Kier molecular flexibility index (Phi) is 5.95. The van der Waals surface area contributed by atoms with Crippen LogP contribution in [0, 0.1) is 0 Å². The molecule has 1 aliphatic carbocycles. The quantitative estimate of drug-likeness (QED) is 0.818. The van der Waals surface area contributed by atoms with Gasteiger partial charge in [0.2, 0.25) is 11.8 Å². The minimum atomic E-state index is -0.293. The first kappa shape index (κ1) is 16.5. The van der Waals surface area contributed by atoms with Crippen molar-refractivity contribution in [2.24, 2.45) is 5.73 Å². The molecule has 5 nitrogen and oxygen atoms in total. The van der Waals surface area contributed by atoms with Crippen molar-refractivity contribution in [2.75, 3.05) is 19.6 Å². The van der Waals surface area contributed by atoms with Crippen molar-refractivity contribution in [1.29, 1.82) is 0 Å². The van der Waals surface area contributed by atoms with Gasteiger partial charge in [-0.25, -0.2) is 0 Å². The Morgan fingerprint density at radius 3 is 2.73 bits per heavy atom. The summed E-state index contributed by atoms with van der Waals surface area (Å²) >= 11 is 0. The van der Waals surface area contributed by atoms with Crippen LogP contribution in [0.4, 0.5) is 0 Å². The third-order valence-electron chi connectivity index (χ3n) is 4.17. The number of rotatable bonds is 6. The van der Waals surface area contributed by atoms with E-state index in [-0.39, 0.29) is 30.9 Å². The summed E-state index contributed by atoms with van der Waals surface area (Å²) < 4.78 is 0. The topological polar surface area (TPSA) is 75.4 Å². The number of benzene rings is 1. The summed E-state index contributed by atoms with van der Waals surface area (Å²) in [6.07, 6.45) is 3.79. The van der Waals surface area contributed by atoms with E-state index in [2.05, 4.69) is 36.5 Å². The molecule has 0 saturated heterocycles. The third-order valence-corrected chi connectivity index (χ3v) is 4.17. The zero-order chi connectivity index (χ0) is 15.9. The standard InChI is InChI=1S/C17H25N3O2/c1-2-9-20(17(22)12-19-16(21)11-18)15-8-7-13-5-3-4-6-14(13)10-15/h3-6,15H,2,7-12,18H2,1H3,(H,19,21). The molecule has 0 radical (unpaired) electrons. The van der Waals surface area contributed by atoms with Gasteiger partial charge in [-0.2, -0.15) is 0 Å². The van der Waals surface area contributed by atoms with Gasteiger partial charge < -0.3 is 16.0 Å². The second-order valence-corrected chi connectivity index (χ2v) is 5.73. The molecule has 2 amide bonds. The number of carbonyl (C=O) groups excluding carboxylic acids is 2. The largest absolute Gasteiger partial charge is 0.346 e. The number of nitrogens with zero attached hydrogens (tertiary/aromatic N) is 1. The molecule has 1 unspecified atom stereocenters. The molecule has 1 aromatic carbocycles. The maximum absolute atomic E-state index is 12.4. The van der Waals surface area contributed by atoms with Crippen molar-refractivity contribution in [1.82, 2.24) is 10.2 Å². The lowest BCUT2D eigenvalue weighted by Crippen LogP contribution is -2.48. The smallest absolute Gasteiger partial charge is 0.242 e. The number of aryl methyl sites for hydroxylation is 1. The van der Waals surface area contributed by atoms with Crippen LogP contribution in [0.3, 0.4) is 0 Å². The molecule has 3 N–H and O–H groups in total. The van der Waals surface area contributed by atoms with Crippen LogP contribution < -0.4 is 11.1 Å². The van der Waals surface area contributed by atoms with Gasteiger partial charge in [-0.1, -0.05) is 31.2 Å². The first-order chi connectivity index (χ1) is 10.7. The molecule has 22 heavy (non-hydrogen) atoms. The Balaban J connectivity index is 2.02. The van der Waals surface area contributed by atoms with Gasteiger partial charge in [0.05, 0.1) is 13.1 Å². The molecular formula is C17H25N3O2. The Hall–Kier alpha value is -1.88. The third kappa shape index (κ3) is 4.07. The summed E-state index contributed by atoms with van der Waals surface area (Å²) in [4.78, 5) is 25.6. The first-order valence-electron chi connectivity index (χ1n) is 7.98. The fourth-order valence-corrected chi connectivity index (χ4v) is 3.04. The summed E-state index contributed by atoms with van der Waals surface area (Å²) in [5, 5.41) is 2.57. The van der Waals surface area contributed by atoms with E-state index in [1.807, 2.05) is 4.90 Å². The van der Waals surface area contributed by atoms with Crippen LogP contribution in [0.1, 0.15) is 30.9 Å². The van der Waals surface area contributed by atoms with Crippen LogP contribution in [0.5, 0.6) is 0 Å². The van der Waals surface area contributed by atoms with E-state index in [4.69, 9.17) is 5.73 Å². The van der Waals surface area contributed by atoms with Crippen LogP contribution in [-0.4, -0.2) is 42.4 Å². The molecule has 0 saturated carbocycles. The molecule has 0 aliphatic heterocycles. The normalized spacial score (nSPS) is 16.7. The molecule has 1 atom stereocenters. The van der Waals surface area contributed by atoms with Crippen molar-refractivity contribution < 1.29 is 9.59 Å². The maximum Gasteiger partial charge on any atom is 0.242 e. The second-order valence-electron chi connectivity index (χ2n) is 5.73. The number of nitrogens with two attached hydrogens (primary N) is 1. The number of hydrogen-bond donors (Lipinski definition) is 2. The Morgan fingerprint density at radius 2 is 2.05 bits per heavy atom. The SMILES string of the molecule is CCCN(C(=O)CNC(=O)CN)C1CCc2ccccc2C1. The Bertz CT molecular complexity index is 530. The fourth-order valence-electron chi connectivity index (χ4n) is 3.04. The molecule has 2 rings (SSSR count). The molecule has 0 bridgehead atoms. The Labute approximate surface area is 131 Å². The zero-order valence-electron chi connectivity index (χ0n) is 13.2. The highest BCUT2D eigenvalue weighted by Crippen LogP contribution is 2.24. The van der Waals surface area contributed by atoms with Gasteiger partial charge >= 0.3 is 0 Å². The summed E-state index contributed by atoms with van der Waals surface area (Å²) in [6.45, 7) is 2.74. The summed E-state index contributed by atoms with van der Waals surface area (Å²) in [5.74, 6) is -0.313. The summed E-state index contributed by atoms with van der Waals surface area (Å²) in [5.41, 5.74) is 7.97.